The highest BCUT2D eigenvalue weighted by molar-refractivity contribution is 6.18. The van der Waals surface area contributed by atoms with E-state index >= 15 is 0 Å². The van der Waals surface area contributed by atoms with Crippen molar-refractivity contribution in [3.05, 3.63) is 22.8 Å². The second-order valence-corrected chi connectivity index (χ2v) is 6.95. The molecule has 1 aliphatic heterocycles. The minimum absolute atomic E-state index is 0.141. The van der Waals surface area contributed by atoms with E-state index in [2.05, 4.69) is 6.08 Å². The molecule has 0 aromatic rings. The Balaban J connectivity index is 1.97. The number of ether oxygens (including phenoxy) is 1. The summed E-state index contributed by atoms with van der Waals surface area (Å²) in [6, 6.07) is 0. The van der Waals surface area contributed by atoms with Crippen LogP contribution in [0, 0.1) is 17.3 Å². The molecular formula is C17H23NO4. The summed E-state index contributed by atoms with van der Waals surface area (Å²) in [6.07, 6.45) is 2.08. The van der Waals surface area contributed by atoms with Gasteiger partial charge in [0.05, 0.1) is 5.92 Å². The van der Waals surface area contributed by atoms with Gasteiger partial charge in [0.15, 0.2) is 6.73 Å². The standard InChI is InChI=1S/C17H23NO4/c1-9(2)7-12-13(17(12,5)6)16(21)22-8-18-14(19)10(3)11(4)15(18)20/h7,12-13H,8H2,1-6H3/t12-,13+/m1/s1. The molecule has 5 nitrogen and oxygen atoms in total. The fourth-order valence-corrected chi connectivity index (χ4v) is 2.95. The predicted molar refractivity (Wildman–Crippen MR) is 81.4 cm³/mol. The molecule has 0 bridgehead atoms. The lowest BCUT2D eigenvalue weighted by molar-refractivity contribution is -0.156. The van der Waals surface area contributed by atoms with Gasteiger partial charge in [-0.3, -0.25) is 14.4 Å². The molecule has 2 rings (SSSR count). The van der Waals surface area contributed by atoms with Gasteiger partial charge in [-0.05, 0) is 39.0 Å². The molecule has 0 saturated heterocycles. The van der Waals surface area contributed by atoms with Gasteiger partial charge >= 0.3 is 5.97 Å². The highest BCUT2D eigenvalue weighted by atomic mass is 16.5. The first-order chi connectivity index (χ1) is 10.1. The zero-order valence-electron chi connectivity index (χ0n) is 14.0. The van der Waals surface area contributed by atoms with Crippen molar-refractivity contribution in [2.75, 3.05) is 6.73 Å². The van der Waals surface area contributed by atoms with Crippen molar-refractivity contribution < 1.29 is 19.1 Å². The molecule has 0 spiro atoms. The van der Waals surface area contributed by atoms with Crippen molar-refractivity contribution in [1.82, 2.24) is 4.90 Å². The van der Waals surface area contributed by atoms with Crippen LogP contribution in [0.4, 0.5) is 0 Å². The monoisotopic (exact) mass is 305 g/mol. The molecule has 1 aliphatic carbocycles. The number of carbonyl (C=O) groups excluding carboxylic acids is 3. The minimum atomic E-state index is -0.383. The van der Waals surface area contributed by atoms with Crippen LogP contribution in [-0.2, 0) is 19.1 Å². The van der Waals surface area contributed by atoms with Crippen LogP contribution < -0.4 is 0 Å². The highest BCUT2D eigenvalue weighted by Gasteiger charge is 2.61. The van der Waals surface area contributed by atoms with Gasteiger partial charge in [0.1, 0.15) is 0 Å². The van der Waals surface area contributed by atoms with Crippen LogP contribution in [0.2, 0.25) is 0 Å². The molecule has 0 radical (unpaired) electrons. The molecule has 0 aromatic heterocycles. The van der Waals surface area contributed by atoms with Crippen LogP contribution in [-0.4, -0.2) is 29.4 Å². The van der Waals surface area contributed by atoms with Crippen molar-refractivity contribution in [3.8, 4) is 0 Å². The largest absolute Gasteiger partial charge is 0.443 e. The number of amides is 2. The number of esters is 1. The number of nitrogens with zero attached hydrogens (tertiary/aromatic N) is 1. The Morgan fingerprint density at radius 1 is 1.18 bits per heavy atom. The maximum absolute atomic E-state index is 12.2. The van der Waals surface area contributed by atoms with E-state index in [9.17, 15) is 14.4 Å². The minimum Gasteiger partial charge on any atom is -0.443 e. The van der Waals surface area contributed by atoms with Crippen molar-refractivity contribution in [2.45, 2.75) is 41.5 Å². The first-order valence-corrected chi connectivity index (χ1v) is 7.44. The normalized spacial score (nSPS) is 26.4. The Morgan fingerprint density at radius 2 is 1.68 bits per heavy atom. The van der Waals surface area contributed by atoms with Crippen molar-refractivity contribution in [2.24, 2.45) is 17.3 Å². The highest BCUT2D eigenvalue weighted by Crippen LogP contribution is 2.59. The molecule has 5 heteroatoms. The third kappa shape index (κ3) is 2.60. The Morgan fingerprint density at radius 3 is 2.14 bits per heavy atom. The summed E-state index contributed by atoms with van der Waals surface area (Å²) in [4.78, 5) is 37.0. The fraction of sp³-hybridized carbons (Fsp3) is 0.588. The summed E-state index contributed by atoms with van der Waals surface area (Å²) in [6.45, 7) is 10.9. The second-order valence-electron chi connectivity index (χ2n) is 6.95. The van der Waals surface area contributed by atoms with Crippen LogP contribution in [0.1, 0.15) is 41.5 Å². The number of allylic oxidation sites excluding steroid dienone is 2. The summed E-state index contributed by atoms with van der Waals surface area (Å²) in [5.74, 6) is -1.19. The zero-order chi connectivity index (χ0) is 16.8. The van der Waals surface area contributed by atoms with Crippen LogP contribution in [0.25, 0.3) is 0 Å². The van der Waals surface area contributed by atoms with Crippen LogP contribution in [0.3, 0.4) is 0 Å². The van der Waals surface area contributed by atoms with E-state index in [0.717, 1.165) is 10.5 Å². The van der Waals surface area contributed by atoms with Gasteiger partial charge in [-0.15, -0.1) is 0 Å². The molecule has 120 valence electrons. The maximum Gasteiger partial charge on any atom is 0.311 e. The molecule has 2 aliphatic rings. The molecule has 0 N–H and O–H groups in total. The molecular weight excluding hydrogens is 282 g/mol. The second kappa shape index (κ2) is 5.38. The lowest BCUT2D eigenvalue weighted by atomic mass is 10.1. The van der Waals surface area contributed by atoms with Crippen molar-refractivity contribution in [1.29, 1.82) is 0 Å². The smallest absolute Gasteiger partial charge is 0.311 e. The van der Waals surface area contributed by atoms with Gasteiger partial charge in [0, 0.05) is 11.1 Å². The van der Waals surface area contributed by atoms with E-state index in [1.165, 1.54) is 0 Å². The Bertz CT molecular complexity index is 584. The fourth-order valence-electron chi connectivity index (χ4n) is 2.95. The van der Waals surface area contributed by atoms with Crippen molar-refractivity contribution in [3.63, 3.8) is 0 Å². The first-order valence-electron chi connectivity index (χ1n) is 7.44. The number of hydrogen-bond donors (Lipinski definition) is 0. The van der Waals surface area contributed by atoms with E-state index < -0.39 is 0 Å². The summed E-state index contributed by atoms with van der Waals surface area (Å²) in [7, 11) is 0. The summed E-state index contributed by atoms with van der Waals surface area (Å²) in [5.41, 5.74) is 1.84. The number of rotatable bonds is 4. The third-order valence-electron chi connectivity index (χ3n) is 4.71. The molecule has 0 aromatic carbocycles. The van der Waals surface area contributed by atoms with Gasteiger partial charge in [-0.2, -0.15) is 0 Å². The summed E-state index contributed by atoms with van der Waals surface area (Å²) in [5, 5.41) is 0. The van der Waals surface area contributed by atoms with E-state index in [0.29, 0.717) is 11.1 Å². The average Bonchev–Trinajstić information content (AvgIpc) is 2.89. The molecule has 2 amide bonds. The van der Waals surface area contributed by atoms with E-state index in [4.69, 9.17) is 4.74 Å². The Kier molecular flexibility index (Phi) is 4.02. The number of hydrogen-bond acceptors (Lipinski definition) is 4. The third-order valence-corrected chi connectivity index (χ3v) is 4.71. The van der Waals surface area contributed by atoms with Crippen LogP contribution >= 0.6 is 0 Å². The van der Waals surface area contributed by atoms with Gasteiger partial charge in [-0.25, -0.2) is 4.90 Å². The van der Waals surface area contributed by atoms with Crippen LogP contribution in [0.15, 0.2) is 22.8 Å². The van der Waals surface area contributed by atoms with Crippen LogP contribution in [0.5, 0.6) is 0 Å². The first kappa shape index (κ1) is 16.5. The molecule has 1 heterocycles. The van der Waals surface area contributed by atoms with Gasteiger partial charge < -0.3 is 4.74 Å². The van der Waals surface area contributed by atoms with Gasteiger partial charge in [0.25, 0.3) is 11.8 Å². The SMILES string of the molecule is CC(C)=C[C@@H]1[C@@H](C(=O)OCN2C(=O)C(C)=C(C)C2=O)C1(C)C. The predicted octanol–water partition coefficient (Wildman–Crippen LogP) is 2.43. The van der Waals surface area contributed by atoms with E-state index in [1.807, 2.05) is 27.7 Å². The topological polar surface area (TPSA) is 63.7 Å². The lowest BCUT2D eigenvalue weighted by Gasteiger charge is -2.15. The van der Waals surface area contributed by atoms with E-state index in [-0.39, 0.29) is 41.8 Å². The average molecular weight is 305 g/mol. The van der Waals surface area contributed by atoms with Gasteiger partial charge in [0.2, 0.25) is 0 Å². The maximum atomic E-state index is 12.2. The Hall–Kier alpha value is -1.91. The van der Waals surface area contributed by atoms with Gasteiger partial charge in [-0.1, -0.05) is 25.5 Å². The van der Waals surface area contributed by atoms with Crippen molar-refractivity contribution >= 4 is 17.8 Å². The zero-order valence-corrected chi connectivity index (χ0v) is 14.0. The number of imide groups is 1. The molecule has 1 saturated carbocycles. The van der Waals surface area contributed by atoms with E-state index in [1.54, 1.807) is 13.8 Å². The summed E-state index contributed by atoms with van der Waals surface area (Å²) >= 11 is 0. The molecule has 0 unspecified atom stereocenters. The quantitative estimate of drug-likeness (QED) is 0.454. The number of carbonyl (C=O) groups is 3. The molecule has 22 heavy (non-hydrogen) atoms. The molecule has 1 fully saturated rings. The summed E-state index contributed by atoms with van der Waals surface area (Å²) < 4.78 is 5.22. The molecule has 2 atom stereocenters. The lowest BCUT2D eigenvalue weighted by Crippen LogP contribution is -2.35. The Labute approximate surface area is 131 Å².